The first-order valence-electron chi connectivity index (χ1n) is 9.21. The predicted molar refractivity (Wildman–Crippen MR) is 118 cm³/mol. The Bertz CT molecular complexity index is 1230. The zero-order valence-electron chi connectivity index (χ0n) is 15.8. The zero-order valence-corrected chi connectivity index (χ0v) is 16.7. The molecule has 2 aromatic carbocycles. The fourth-order valence-corrected chi connectivity index (χ4v) is 4.35. The molecule has 0 aliphatic carbocycles. The minimum atomic E-state index is -0.0602. The summed E-state index contributed by atoms with van der Waals surface area (Å²) in [5, 5.41) is 2.66. The van der Waals surface area contributed by atoms with E-state index in [9.17, 15) is 4.79 Å². The average molecular weight is 385 g/mol. The number of fused-ring (bicyclic) bond motifs is 1. The number of hydrogen-bond acceptors (Lipinski definition) is 3. The topological polar surface area (TPSA) is 34.9 Å². The molecule has 0 amide bonds. The van der Waals surface area contributed by atoms with Crippen LogP contribution in [0.3, 0.4) is 0 Å². The number of nitrogens with zero attached hydrogens (tertiary/aromatic N) is 2. The third kappa shape index (κ3) is 3.15. The van der Waals surface area contributed by atoms with Crippen LogP contribution in [0.4, 0.5) is 0 Å². The molecule has 4 aromatic rings. The summed E-state index contributed by atoms with van der Waals surface area (Å²) >= 11 is 1.51. The largest absolute Gasteiger partial charge is 0.284 e. The molecule has 0 saturated heterocycles. The molecule has 0 N–H and O–H groups in total. The predicted octanol–water partition coefficient (Wildman–Crippen LogP) is 5.55. The molecule has 3 nitrogen and oxygen atoms in total. The number of aromatic nitrogens is 2. The number of benzene rings is 2. The van der Waals surface area contributed by atoms with Gasteiger partial charge >= 0.3 is 0 Å². The summed E-state index contributed by atoms with van der Waals surface area (Å²) in [4.78, 5) is 18.7. The molecule has 0 radical (unpaired) electrons. The fourth-order valence-electron chi connectivity index (χ4n) is 3.41. The highest BCUT2D eigenvalue weighted by molar-refractivity contribution is 7.17. The Labute approximate surface area is 168 Å². The Hall–Kier alpha value is -3.16. The van der Waals surface area contributed by atoms with Gasteiger partial charge in [0.1, 0.15) is 10.7 Å². The Kier molecular flexibility index (Phi) is 4.85. The van der Waals surface area contributed by atoms with Crippen molar-refractivity contribution in [2.45, 2.75) is 26.3 Å². The van der Waals surface area contributed by atoms with Crippen molar-refractivity contribution < 1.29 is 0 Å². The van der Waals surface area contributed by atoms with Crippen molar-refractivity contribution in [1.29, 1.82) is 0 Å². The van der Waals surface area contributed by atoms with E-state index in [1.807, 2.05) is 37.4 Å². The molecular weight excluding hydrogens is 364 g/mol. The Balaban J connectivity index is 1.85. The molecule has 28 heavy (non-hydrogen) atoms. The van der Waals surface area contributed by atoms with Crippen LogP contribution in [0.15, 0.2) is 64.8 Å². The van der Waals surface area contributed by atoms with Crippen LogP contribution >= 0.6 is 11.3 Å². The lowest BCUT2D eigenvalue weighted by atomic mass is 10.0. The zero-order chi connectivity index (χ0) is 19.7. The number of thiophene rings is 1. The van der Waals surface area contributed by atoms with Crippen molar-refractivity contribution in [3.63, 3.8) is 0 Å². The maximum atomic E-state index is 13.2. The van der Waals surface area contributed by atoms with E-state index in [1.165, 1.54) is 16.9 Å². The molecule has 138 valence electrons. The molecule has 0 aliphatic heterocycles. The van der Waals surface area contributed by atoms with E-state index in [2.05, 4.69) is 42.3 Å². The lowest BCUT2D eigenvalue weighted by molar-refractivity contribution is 0.651. The molecule has 2 heterocycles. The van der Waals surface area contributed by atoms with E-state index in [0.717, 1.165) is 27.3 Å². The van der Waals surface area contributed by atoms with Gasteiger partial charge in [-0.05, 0) is 16.7 Å². The van der Waals surface area contributed by atoms with Crippen molar-refractivity contribution >= 4 is 21.6 Å². The monoisotopic (exact) mass is 384 g/mol. The van der Waals surface area contributed by atoms with E-state index in [1.54, 1.807) is 4.57 Å². The molecule has 0 aliphatic rings. The summed E-state index contributed by atoms with van der Waals surface area (Å²) in [7, 11) is 0. The van der Waals surface area contributed by atoms with Crippen molar-refractivity contribution in [3.8, 4) is 34.6 Å². The maximum Gasteiger partial charge on any atom is 0.263 e. The molecule has 0 unspecified atom stereocenters. The quantitative estimate of drug-likeness (QED) is 0.433. The highest BCUT2D eigenvalue weighted by atomic mass is 32.1. The smallest absolute Gasteiger partial charge is 0.263 e. The highest BCUT2D eigenvalue weighted by Crippen LogP contribution is 2.33. The first-order valence-corrected chi connectivity index (χ1v) is 10.1. The first kappa shape index (κ1) is 18.2. The summed E-state index contributed by atoms with van der Waals surface area (Å²) in [5.74, 6) is 3.45. The second-order valence-corrected chi connectivity index (χ2v) is 7.85. The van der Waals surface area contributed by atoms with Gasteiger partial charge in [-0.25, -0.2) is 4.98 Å². The molecular formula is C24H20N2OS. The van der Waals surface area contributed by atoms with Gasteiger partial charge in [-0.15, -0.1) is 17.8 Å². The number of hydrogen-bond donors (Lipinski definition) is 0. The Morgan fingerprint density at radius 1 is 1.04 bits per heavy atom. The van der Waals surface area contributed by atoms with Gasteiger partial charge in [0.15, 0.2) is 0 Å². The lowest BCUT2D eigenvalue weighted by Crippen LogP contribution is -2.25. The third-order valence-electron chi connectivity index (χ3n) is 4.79. The van der Waals surface area contributed by atoms with Crippen LogP contribution in [0.25, 0.3) is 32.5 Å². The Morgan fingerprint density at radius 3 is 2.32 bits per heavy atom. The normalized spacial score (nSPS) is 11.1. The van der Waals surface area contributed by atoms with Gasteiger partial charge in [0, 0.05) is 16.9 Å². The van der Waals surface area contributed by atoms with Gasteiger partial charge in [-0.2, -0.15) is 0 Å². The van der Waals surface area contributed by atoms with Crippen molar-refractivity contribution in [1.82, 2.24) is 9.55 Å². The number of rotatable bonds is 4. The standard InChI is InChI=1S/C24H20N2OS/c1-4-14-26-22(16(2)3)25-23-21(24(26)27)20(15-28-23)19-12-10-18(11-13-19)17-8-6-5-7-9-17/h1,5-13,15-16H,14H2,2-3H3. The van der Waals surface area contributed by atoms with Gasteiger partial charge < -0.3 is 0 Å². The summed E-state index contributed by atoms with van der Waals surface area (Å²) < 4.78 is 1.63. The third-order valence-corrected chi connectivity index (χ3v) is 5.66. The van der Waals surface area contributed by atoms with Gasteiger partial charge in [0.25, 0.3) is 5.56 Å². The summed E-state index contributed by atoms with van der Waals surface area (Å²) in [6.45, 7) is 4.28. The minimum Gasteiger partial charge on any atom is -0.284 e. The Morgan fingerprint density at radius 2 is 1.68 bits per heavy atom. The molecule has 0 fully saturated rings. The van der Waals surface area contributed by atoms with Crippen molar-refractivity contribution in [2.75, 3.05) is 0 Å². The average Bonchev–Trinajstić information content (AvgIpc) is 3.15. The van der Waals surface area contributed by atoms with Crippen LogP contribution in [-0.2, 0) is 6.54 Å². The van der Waals surface area contributed by atoms with E-state index in [4.69, 9.17) is 11.4 Å². The van der Waals surface area contributed by atoms with E-state index in [0.29, 0.717) is 5.39 Å². The molecule has 2 aromatic heterocycles. The van der Waals surface area contributed by atoms with Gasteiger partial charge in [0.05, 0.1) is 11.9 Å². The molecule has 4 heteroatoms. The summed E-state index contributed by atoms with van der Waals surface area (Å²) in [5.41, 5.74) is 4.18. The molecule has 0 saturated carbocycles. The molecule has 0 atom stereocenters. The van der Waals surface area contributed by atoms with Gasteiger partial charge in [-0.3, -0.25) is 9.36 Å². The van der Waals surface area contributed by atoms with Crippen LogP contribution in [0.1, 0.15) is 25.6 Å². The lowest BCUT2D eigenvalue weighted by Gasteiger charge is -2.13. The van der Waals surface area contributed by atoms with E-state index in [-0.39, 0.29) is 18.0 Å². The second kappa shape index (κ2) is 7.46. The second-order valence-electron chi connectivity index (χ2n) is 6.99. The molecule has 0 spiro atoms. The van der Waals surface area contributed by atoms with Crippen molar-refractivity contribution in [2.24, 2.45) is 0 Å². The van der Waals surface area contributed by atoms with Crippen LogP contribution in [0, 0.1) is 12.3 Å². The van der Waals surface area contributed by atoms with Gasteiger partial charge in [-0.1, -0.05) is 74.4 Å². The fraction of sp³-hybridized carbons (Fsp3) is 0.167. The first-order chi connectivity index (χ1) is 13.6. The SMILES string of the molecule is C#CCn1c(C(C)C)nc2scc(-c3ccc(-c4ccccc4)cc3)c2c1=O. The highest BCUT2D eigenvalue weighted by Gasteiger charge is 2.18. The van der Waals surface area contributed by atoms with E-state index >= 15 is 0 Å². The van der Waals surface area contributed by atoms with Crippen LogP contribution in [-0.4, -0.2) is 9.55 Å². The number of terminal acetylenes is 1. The summed E-state index contributed by atoms with van der Waals surface area (Å²) in [6.07, 6.45) is 5.50. The maximum absolute atomic E-state index is 13.2. The molecule has 0 bridgehead atoms. The minimum absolute atomic E-state index is 0.0602. The van der Waals surface area contributed by atoms with Crippen molar-refractivity contribution in [3.05, 3.63) is 76.2 Å². The van der Waals surface area contributed by atoms with E-state index < -0.39 is 0 Å². The van der Waals surface area contributed by atoms with Crippen LogP contribution < -0.4 is 5.56 Å². The van der Waals surface area contributed by atoms with Crippen LogP contribution in [0.2, 0.25) is 0 Å². The van der Waals surface area contributed by atoms with Crippen LogP contribution in [0.5, 0.6) is 0 Å². The summed E-state index contributed by atoms with van der Waals surface area (Å²) in [6, 6.07) is 18.5. The van der Waals surface area contributed by atoms with Gasteiger partial charge in [0.2, 0.25) is 0 Å². The molecule has 4 rings (SSSR count).